The molecule has 0 aromatic heterocycles. The summed E-state index contributed by atoms with van der Waals surface area (Å²) in [6, 6.07) is 4.02. The van der Waals surface area contributed by atoms with Crippen LogP contribution in [0.25, 0.3) is 0 Å². The van der Waals surface area contributed by atoms with E-state index in [4.69, 9.17) is 16.3 Å². The molecule has 0 heterocycles. The number of hydrogen-bond acceptors (Lipinski definition) is 4. The summed E-state index contributed by atoms with van der Waals surface area (Å²) in [7, 11) is 0. The summed E-state index contributed by atoms with van der Waals surface area (Å²) in [6.07, 6.45) is 2.30. The molecule has 2 rings (SSSR count). The Bertz CT molecular complexity index is 531. The number of nitrogens with zero attached hydrogens (tertiary/aromatic N) is 1. The first-order valence-electron chi connectivity index (χ1n) is 6.33. The van der Waals surface area contributed by atoms with Crippen LogP contribution in [0.3, 0.4) is 0 Å². The van der Waals surface area contributed by atoms with E-state index in [0.29, 0.717) is 5.92 Å². The lowest BCUT2D eigenvalue weighted by Crippen LogP contribution is -2.37. The molecule has 7 heteroatoms. The summed E-state index contributed by atoms with van der Waals surface area (Å²) in [5.41, 5.74) is -0.117. The third kappa shape index (κ3) is 3.84. The van der Waals surface area contributed by atoms with Crippen molar-refractivity contribution in [3.63, 3.8) is 0 Å². The Balaban J connectivity index is 1.86. The highest BCUT2D eigenvalue weighted by atomic mass is 35.5. The molecule has 1 aromatic rings. The molecule has 1 fully saturated rings. The van der Waals surface area contributed by atoms with Crippen molar-refractivity contribution >= 4 is 23.2 Å². The number of amides is 1. The molecule has 1 amide bonds. The lowest BCUT2D eigenvalue weighted by atomic mass is 10.2. The van der Waals surface area contributed by atoms with Crippen LogP contribution in [0, 0.1) is 16.0 Å². The number of hydrogen-bond donors (Lipinski definition) is 1. The topological polar surface area (TPSA) is 81.5 Å². The van der Waals surface area contributed by atoms with E-state index in [-0.39, 0.29) is 35.0 Å². The summed E-state index contributed by atoms with van der Waals surface area (Å²) in [5, 5.41) is 13.5. The van der Waals surface area contributed by atoms with Crippen molar-refractivity contribution in [2.45, 2.75) is 25.8 Å². The normalized spacial score (nSPS) is 15.5. The van der Waals surface area contributed by atoms with Crippen LogP contribution in [0.15, 0.2) is 18.2 Å². The molecule has 1 atom stereocenters. The maximum absolute atomic E-state index is 11.7. The smallest absolute Gasteiger partial charge is 0.271 e. The predicted octanol–water partition coefficient (Wildman–Crippen LogP) is 2.54. The standard InChI is InChI=1S/C13H15ClN2O4/c1-8(9-2-3-9)15-13(17)7-20-12-5-4-10(16(18)19)6-11(12)14/h4-6,8-9H,2-3,7H2,1H3,(H,15,17). The van der Waals surface area contributed by atoms with Gasteiger partial charge in [0.25, 0.3) is 11.6 Å². The molecule has 1 N–H and O–H groups in total. The van der Waals surface area contributed by atoms with Crippen molar-refractivity contribution in [1.82, 2.24) is 5.32 Å². The van der Waals surface area contributed by atoms with E-state index in [1.54, 1.807) is 0 Å². The molecule has 0 saturated heterocycles. The maximum atomic E-state index is 11.7. The minimum absolute atomic E-state index is 0.113. The molecule has 0 radical (unpaired) electrons. The van der Waals surface area contributed by atoms with Crippen molar-refractivity contribution in [2.75, 3.05) is 6.61 Å². The van der Waals surface area contributed by atoms with Gasteiger partial charge in [-0.05, 0) is 31.7 Å². The van der Waals surface area contributed by atoms with Crippen LogP contribution in [0.4, 0.5) is 5.69 Å². The Morgan fingerprint density at radius 3 is 2.85 bits per heavy atom. The minimum atomic E-state index is -0.542. The highest BCUT2D eigenvalue weighted by Gasteiger charge is 2.28. The van der Waals surface area contributed by atoms with Crippen molar-refractivity contribution < 1.29 is 14.5 Å². The molecule has 0 aliphatic heterocycles. The lowest BCUT2D eigenvalue weighted by molar-refractivity contribution is -0.384. The predicted molar refractivity (Wildman–Crippen MR) is 73.9 cm³/mol. The second-order valence-corrected chi connectivity index (χ2v) is 5.26. The van der Waals surface area contributed by atoms with Gasteiger partial charge < -0.3 is 10.1 Å². The second-order valence-electron chi connectivity index (χ2n) is 4.85. The largest absolute Gasteiger partial charge is 0.482 e. The molecule has 20 heavy (non-hydrogen) atoms. The molecule has 1 saturated carbocycles. The fraction of sp³-hybridized carbons (Fsp3) is 0.462. The number of carbonyl (C=O) groups excluding carboxylic acids is 1. The molecule has 1 aromatic carbocycles. The molecule has 0 bridgehead atoms. The monoisotopic (exact) mass is 298 g/mol. The molecule has 0 spiro atoms. The van der Waals surface area contributed by atoms with Crippen LogP contribution in [-0.4, -0.2) is 23.5 Å². The summed E-state index contributed by atoms with van der Waals surface area (Å²) in [5.74, 6) is 0.604. The number of ether oxygens (including phenoxy) is 1. The van der Waals surface area contributed by atoms with E-state index in [9.17, 15) is 14.9 Å². The molecular formula is C13H15ClN2O4. The summed E-state index contributed by atoms with van der Waals surface area (Å²) < 4.78 is 5.27. The van der Waals surface area contributed by atoms with E-state index in [1.165, 1.54) is 18.2 Å². The first-order valence-corrected chi connectivity index (χ1v) is 6.71. The van der Waals surface area contributed by atoms with Gasteiger partial charge in [-0.1, -0.05) is 11.6 Å². The highest BCUT2D eigenvalue weighted by molar-refractivity contribution is 6.32. The van der Waals surface area contributed by atoms with Gasteiger partial charge in [-0.3, -0.25) is 14.9 Å². The molecule has 1 aliphatic carbocycles. The summed E-state index contributed by atoms with van der Waals surface area (Å²) >= 11 is 5.86. The zero-order chi connectivity index (χ0) is 14.7. The van der Waals surface area contributed by atoms with Crippen LogP contribution in [-0.2, 0) is 4.79 Å². The van der Waals surface area contributed by atoms with Gasteiger partial charge in [0.15, 0.2) is 6.61 Å². The van der Waals surface area contributed by atoms with Crippen LogP contribution < -0.4 is 10.1 Å². The van der Waals surface area contributed by atoms with Gasteiger partial charge >= 0.3 is 0 Å². The third-order valence-corrected chi connectivity index (χ3v) is 3.50. The summed E-state index contributed by atoms with van der Waals surface area (Å²) in [4.78, 5) is 21.7. The number of benzene rings is 1. The van der Waals surface area contributed by atoms with Crippen molar-refractivity contribution in [3.05, 3.63) is 33.3 Å². The van der Waals surface area contributed by atoms with Crippen LogP contribution >= 0.6 is 11.6 Å². The number of carbonyl (C=O) groups is 1. The van der Waals surface area contributed by atoms with E-state index in [0.717, 1.165) is 12.8 Å². The van der Waals surface area contributed by atoms with Gasteiger partial charge in [0.1, 0.15) is 5.75 Å². The number of nitro groups is 1. The quantitative estimate of drug-likeness (QED) is 0.646. The van der Waals surface area contributed by atoms with Crippen LogP contribution in [0.2, 0.25) is 5.02 Å². The average Bonchev–Trinajstić information content (AvgIpc) is 3.21. The van der Waals surface area contributed by atoms with E-state index < -0.39 is 4.92 Å². The van der Waals surface area contributed by atoms with E-state index in [2.05, 4.69) is 5.32 Å². The third-order valence-electron chi connectivity index (χ3n) is 3.20. The van der Waals surface area contributed by atoms with Crippen LogP contribution in [0.5, 0.6) is 5.75 Å². The molecule has 108 valence electrons. The molecular weight excluding hydrogens is 284 g/mol. The van der Waals surface area contributed by atoms with Crippen molar-refractivity contribution in [3.8, 4) is 5.75 Å². The lowest BCUT2D eigenvalue weighted by Gasteiger charge is -2.13. The van der Waals surface area contributed by atoms with Crippen LogP contribution in [0.1, 0.15) is 19.8 Å². The maximum Gasteiger partial charge on any atom is 0.271 e. The number of non-ortho nitro benzene ring substituents is 1. The average molecular weight is 299 g/mol. The number of rotatable bonds is 6. The number of halogens is 1. The minimum Gasteiger partial charge on any atom is -0.482 e. The SMILES string of the molecule is CC(NC(=O)COc1ccc([N+](=O)[O-])cc1Cl)C1CC1. The number of nitro benzene ring substituents is 1. The first kappa shape index (κ1) is 14.6. The van der Waals surface area contributed by atoms with Gasteiger partial charge in [0.2, 0.25) is 0 Å². The molecule has 1 aliphatic rings. The first-order chi connectivity index (χ1) is 9.47. The summed E-state index contributed by atoms with van der Waals surface area (Å²) in [6.45, 7) is 1.81. The molecule has 1 unspecified atom stereocenters. The van der Waals surface area contributed by atoms with E-state index in [1.807, 2.05) is 6.92 Å². The Morgan fingerprint density at radius 2 is 2.30 bits per heavy atom. The van der Waals surface area contributed by atoms with Gasteiger partial charge in [0, 0.05) is 18.2 Å². The Kier molecular flexibility index (Phi) is 4.44. The zero-order valence-electron chi connectivity index (χ0n) is 11.0. The van der Waals surface area contributed by atoms with E-state index >= 15 is 0 Å². The second kappa shape index (κ2) is 6.09. The highest BCUT2D eigenvalue weighted by Crippen LogP contribution is 2.32. The van der Waals surface area contributed by atoms with Gasteiger partial charge in [-0.25, -0.2) is 0 Å². The fourth-order valence-electron chi connectivity index (χ4n) is 1.87. The van der Waals surface area contributed by atoms with Gasteiger partial charge in [-0.15, -0.1) is 0 Å². The Morgan fingerprint density at radius 1 is 1.60 bits per heavy atom. The Labute approximate surface area is 121 Å². The van der Waals surface area contributed by atoms with Gasteiger partial charge in [-0.2, -0.15) is 0 Å². The zero-order valence-corrected chi connectivity index (χ0v) is 11.7. The Hall–Kier alpha value is -1.82. The van der Waals surface area contributed by atoms with Gasteiger partial charge in [0.05, 0.1) is 9.95 Å². The fourth-order valence-corrected chi connectivity index (χ4v) is 2.10. The molecule has 6 nitrogen and oxygen atoms in total. The van der Waals surface area contributed by atoms with Crippen molar-refractivity contribution in [2.24, 2.45) is 5.92 Å². The van der Waals surface area contributed by atoms with Crippen molar-refractivity contribution in [1.29, 1.82) is 0 Å². The number of nitrogens with one attached hydrogen (secondary N) is 1.